The fourth-order valence-electron chi connectivity index (χ4n) is 5.26. The lowest BCUT2D eigenvalue weighted by Gasteiger charge is -2.26. The summed E-state index contributed by atoms with van der Waals surface area (Å²) in [7, 11) is 0. The van der Waals surface area contributed by atoms with Crippen molar-refractivity contribution in [1.82, 2.24) is 28.8 Å². The summed E-state index contributed by atoms with van der Waals surface area (Å²) in [5, 5.41) is 6.52. The van der Waals surface area contributed by atoms with Crippen LogP contribution in [0.15, 0.2) is 104 Å². The number of fused-ring (bicyclic) bond motifs is 1. The third-order valence-corrected chi connectivity index (χ3v) is 7.72. The Labute approximate surface area is 258 Å². The number of nitrogens with one attached hydrogen (secondary N) is 2. The molecule has 4 heterocycles. The van der Waals surface area contributed by atoms with Gasteiger partial charge in [0.25, 0.3) is 0 Å². The molecule has 6 aromatic rings. The number of carbonyl (C=O) groups excluding carboxylic acids is 1. The van der Waals surface area contributed by atoms with Crippen molar-refractivity contribution in [2.75, 3.05) is 36.9 Å². The number of halogens is 1. The normalized spacial score (nSPS) is 13.7. The number of carbonyl (C=O) groups is 1. The van der Waals surface area contributed by atoms with E-state index in [0.29, 0.717) is 27.9 Å². The number of urea groups is 1. The standard InChI is InChI=1S/C33H29ClN8O2/c34-26-8-6-24(7-9-26)30-35-13-15-42(30)32-31-36-12-14-41(31)22-29(39-32)25-2-1-3-28(20-25)38-33(43)37-27-10-4-23(5-11-27)21-40-16-18-44-19-17-40/h1-15,20,22H,16-19,21H2,(H2,37,38,43). The number of imidazole rings is 2. The minimum Gasteiger partial charge on any atom is -0.379 e. The van der Waals surface area contributed by atoms with Crippen LogP contribution in [0, 0.1) is 0 Å². The van der Waals surface area contributed by atoms with E-state index in [2.05, 4.69) is 25.5 Å². The number of anilines is 2. The Morgan fingerprint density at radius 1 is 0.864 bits per heavy atom. The number of nitrogens with zero attached hydrogens (tertiary/aromatic N) is 6. The first-order chi connectivity index (χ1) is 21.6. The first kappa shape index (κ1) is 27.8. The highest BCUT2D eigenvalue weighted by Gasteiger charge is 2.16. The van der Waals surface area contributed by atoms with Crippen LogP contribution in [0.5, 0.6) is 0 Å². The van der Waals surface area contributed by atoms with Gasteiger partial charge >= 0.3 is 6.03 Å². The van der Waals surface area contributed by atoms with Crippen molar-refractivity contribution in [1.29, 1.82) is 0 Å². The predicted octanol–water partition coefficient (Wildman–Crippen LogP) is 6.38. The van der Waals surface area contributed by atoms with Crippen molar-refractivity contribution in [3.63, 3.8) is 0 Å². The van der Waals surface area contributed by atoms with Gasteiger partial charge in [0.1, 0.15) is 5.82 Å². The van der Waals surface area contributed by atoms with Crippen molar-refractivity contribution in [2.45, 2.75) is 6.54 Å². The molecule has 2 N–H and O–H groups in total. The SMILES string of the molecule is O=C(Nc1ccc(CN2CCOCC2)cc1)Nc1cccc(-c2cn3ccnc3c(-n3ccnc3-c3ccc(Cl)cc3)n2)c1. The van der Waals surface area contributed by atoms with E-state index in [9.17, 15) is 4.79 Å². The van der Waals surface area contributed by atoms with Gasteiger partial charge in [-0.05, 0) is 54.1 Å². The lowest BCUT2D eigenvalue weighted by Crippen LogP contribution is -2.35. The molecule has 1 fully saturated rings. The van der Waals surface area contributed by atoms with Crippen LogP contribution in [0.2, 0.25) is 5.02 Å². The highest BCUT2D eigenvalue weighted by Crippen LogP contribution is 2.28. The summed E-state index contributed by atoms with van der Waals surface area (Å²) in [5.41, 5.74) is 5.69. The third kappa shape index (κ3) is 6.04. The Morgan fingerprint density at radius 2 is 1.64 bits per heavy atom. The summed E-state index contributed by atoms with van der Waals surface area (Å²) in [5.74, 6) is 1.35. The van der Waals surface area contributed by atoms with Crippen molar-refractivity contribution < 1.29 is 9.53 Å². The largest absolute Gasteiger partial charge is 0.379 e. The molecule has 0 bridgehead atoms. The van der Waals surface area contributed by atoms with Gasteiger partial charge < -0.3 is 19.8 Å². The molecular weight excluding hydrogens is 576 g/mol. The van der Waals surface area contributed by atoms with E-state index < -0.39 is 0 Å². The second-order valence-electron chi connectivity index (χ2n) is 10.5. The maximum absolute atomic E-state index is 12.9. The summed E-state index contributed by atoms with van der Waals surface area (Å²) < 4.78 is 9.27. The Hall–Kier alpha value is -5.03. The summed E-state index contributed by atoms with van der Waals surface area (Å²) in [6.45, 7) is 4.27. The van der Waals surface area contributed by atoms with Crippen LogP contribution in [0.25, 0.3) is 34.1 Å². The zero-order chi connectivity index (χ0) is 29.9. The van der Waals surface area contributed by atoms with Crippen molar-refractivity contribution in [3.05, 3.63) is 114 Å². The van der Waals surface area contributed by atoms with E-state index >= 15 is 0 Å². The molecule has 2 amide bonds. The van der Waals surface area contributed by atoms with Crippen molar-refractivity contribution in [2.24, 2.45) is 0 Å². The molecular formula is C33H29ClN8O2. The van der Waals surface area contributed by atoms with Gasteiger partial charge in [-0.25, -0.2) is 19.7 Å². The average molecular weight is 605 g/mol. The third-order valence-electron chi connectivity index (χ3n) is 7.47. The van der Waals surface area contributed by atoms with E-state index in [1.807, 2.05) is 100 Å². The smallest absolute Gasteiger partial charge is 0.323 e. The Balaban J connectivity index is 1.10. The lowest BCUT2D eigenvalue weighted by molar-refractivity contribution is 0.0342. The molecule has 0 unspecified atom stereocenters. The molecule has 44 heavy (non-hydrogen) atoms. The summed E-state index contributed by atoms with van der Waals surface area (Å²) in [6.07, 6.45) is 9.13. The van der Waals surface area contributed by atoms with Gasteiger partial charge in [0.2, 0.25) is 0 Å². The number of rotatable bonds is 7. The second-order valence-corrected chi connectivity index (χ2v) is 10.9. The van der Waals surface area contributed by atoms with E-state index in [1.165, 1.54) is 5.56 Å². The molecule has 220 valence electrons. The predicted molar refractivity (Wildman–Crippen MR) is 171 cm³/mol. The van der Waals surface area contributed by atoms with Crippen LogP contribution in [-0.4, -0.2) is 61.2 Å². The molecule has 11 heteroatoms. The van der Waals surface area contributed by atoms with Gasteiger partial charge in [0.05, 0.1) is 18.9 Å². The van der Waals surface area contributed by atoms with E-state index in [0.717, 1.165) is 55.5 Å². The molecule has 7 rings (SSSR count). The van der Waals surface area contributed by atoms with Crippen LogP contribution in [0.1, 0.15) is 5.56 Å². The van der Waals surface area contributed by atoms with E-state index in [-0.39, 0.29) is 6.03 Å². The molecule has 3 aromatic heterocycles. The minimum absolute atomic E-state index is 0.326. The summed E-state index contributed by atoms with van der Waals surface area (Å²) >= 11 is 6.11. The Bertz CT molecular complexity index is 1910. The van der Waals surface area contributed by atoms with Crippen LogP contribution in [0.3, 0.4) is 0 Å². The first-order valence-corrected chi connectivity index (χ1v) is 14.7. The number of ether oxygens (including phenoxy) is 1. The summed E-state index contributed by atoms with van der Waals surface area (Å²) in [6, 6.07) is 22.7. The van der Waals surface area contributed by atoms with Crippen molar-refractivity contribution in [3.8, 4) is 28.5 Å². The highest BCUT2D eigenvalue weighted by molar-refractivity contribution is 6.30. The molecule has 0 spiro atoms. The van der Waals surface area contributed by atoms with E-state index in [4.69, 9.17) is 21.3 Å². The zero-order valence-electron chi connectivity index (χ0n) is 23.7. The molecule has 0 radical (unpaired) electrons. The molecule has 1 aliphatic rings. The summed E-state index contributed by atoms with van der Waals surface area (Å²) in [4.78, 5) is 29.4. The van der Waals surface area contributed by atoms with Crippen LogP contribution in [-0.2, 0) is 11.3 Å². The first-order valence-electron chi connectivity index (χ1n) is 14.3. The highest BCUT2D eigenvalue weighted by atomic mass is 35.5. The maximum Gasteiger partial charge on any atom is 0.323 e. The quantitative estimate of drug-likeness (QED) is 0.219. The minimum atomic E-state index is -0.326. The number of hydrogen-bond donors (Lipinski definition) is 2. The van der Waals surface area contributed by atoms with Crippen LogP contribution < -0.4 is 10.6 Å². The molecule has 3 aromatic carbocycles. The topological polar surface area (TPSA) is 102 Å². The number of aromatic nitrogens is 5. The zero-order valence-corrected chi connectivity index (χ0v) is 24.5. The maximum atomic E-state index is 12.9. The molecule has 10 nitrogen and oxygen atoms in total. The van der Waals surface area contributed by atoms with Crippen LogP contribution in [0.4, 0.5) is 16.2 Å². The average Bonchev–Trinajstić information content (AvgIpc) is 3.73. The van der Waals surface area contributed by atoms with Gasteiger partial charge in [-0.1, -0.05) is 35.9 Å². The Morgan fingerprint density at radius 3 is 2.45 bits per heavy atom. The number of benzene rings is 3. The van der Waals surface area contributed by atoms with Gasteiger partial charge in [-0.3, -0.25) is 9.47 Å². The van der Waals surface area contributed by atoms with Crippen molar-refractivity contribution >= 4 is 34.7 Å². The fraction of sp³-hybridized carbons (Fsp3) is 0.152. The molecule has 0 atom stereocenters. The monoisotopic (exact) mass is 604 g/mol. The second kappa shape index (κ2) is 12.3. The lowest BCUT2D eigenvalue weighted by atomic mass is 10.1. The van der Waals surface area contributed by atoms with E-state index in [1.54, 1.807) is 12.4 Å². The number of amides is 2. The molecule has 1 aliphatic heterocycles. The van der Waals surface area contributed by atoms with Gasteiger partial charge in [-0.15, -0.1) is 0 Å². The number of morpholine rings is 1. The van der Waals surface area contributed by atoms with Gasteiger partial charge in [0.15, 0.2) is 11.5 Å². The molecule has 0 aliphatic carbocycles. The molecule has 1 saturated heterocycles. The van der Waals surface area contributed by atoms with Gasteiger partial charge in [-0.2, -0.15) is 0 Å². The number of hydrogen-bond acceptors (Lipinski definition) is 6. The Kier molecular flexibility index (Phi) is 7.76. The fourth-order valence-corrected chi connectivity index (χ4v) is 5.39. The van der Waals surface area contributed by atoms with Crippen LogP contribution >= 0.6 is 11.6 Å². The van der Waals surface area contributed by atoms with Gasteiger partial charge in [0, 0.05) is 78.1 Å². The molecule has 0 saturated carbocycles.